The molecule has 2 aromatic rings. The molecule has 1 aromatic heterocycles. The molecule has 0 bridgehead atoms. The third-order valence-electron chi connectivity index (χ3n) is 4.65. The van der Waals surface area contributed by atoms with Crippen LogP contribution in [0.4, 0.5) is 4.79 Å². The van der Waals surface area contributed by atoms with Crippen LogP contribution < -0.4 is 0 Å². The van der Waals surface area contributed by atoms with E-state index >= 15 is 0 Å². The number of nitrogens with zero attached hydrogens (tertiary/aromatic N) is 3. The third kappa shape index (κ3) is 5.92. The Morgan fingerprint density at radius 1 is 1.25 bits per heavy atom. The number of aryl methyl sites for hydroxylation is 2. The molecule has 0 aliphatic rings. The Morgan fingerprint density at radius 3 is 2.44 bits per heavy atom. The van der Waals surface area contributed by atoms with Gasteiger partial charge in [0.05, 0.1) is 10.7 Å². The van der Waals surface area contributed by atoms with Crippen LogP contribution in [0.5, 0.6) is 0 Å². The van der Waals surface area contributed by atoms with Crippen LogP contribution in [-0.4, -0.2) is 29.3 Å². The summed E-state index contributed by atoms with van der Waals surface area (Å²) < 4.78 is 17.2. The highest BCUT2D eigenvalue weighted by molar-refractivity contribution is 6.33. The van der Waals surface area contributed by atoms with Gasteiger partial charge >= 0.3 is 6.16 Å². The van der Waals surface area contributed by atoms with E-state index in [1.165, 1.54) is 6.08 Å². The van der Waals surface area contributed by atoms with Gasteiger partial charge in [0.1, 0.15) is 23.9 Å². The van der Waals surface area contributed by atoms with Gasteiger partial charge in [-0.25, -0.2) is 4.79 Å². The lowest BCUT2D eigenvalue weighted by Crippen LogP contribution is -2.13. The minimum absolute atomic E-state index is 0.0126. The van der Waals surface area contributed by atoms with Crippen molar-refractivity contribution in [3.63, 3.8) is 0 Å². The average molecular weight is 458 g/mol. The molecule has 0 radical (unpaired) electrons. The molecule has 0 N–H and O–H groups in total. The smallest absolute Gasteiger partial charge is 0.453 e. The molecule has 0 amide bonds. The summed E-state index contributed by atoms with van der Waals surface area (Å²) in [5.74, 6) is 0.167. The number of halogens is 1. The van der Waals surface area contributed by atoms with Crippen LogP contribution in [0.1, 0.15) is 50.2 Å². The number of hydrogen-bond donors (Lipinski definition) is 0. The van der Waals surface area contributed by atoms with E-state index in [2.05, 4.69) is 38.5 Å². The fourth-order valence-corrected chi connectivity index (χ4v) is 3.17. The first kappa shape index (κ1) is 25.0. The van der Waals surface area contributed by atoms with Crippen molar-refractivity contribution in [2.24, 2.45) is 0 Å². The maximum absolute atomic E-state index is 11.7. The van der Waals surface area contributed by atoms with Crippen molar-refractivity contribution in [3.8, 4) is 6.07 Å². The summed E-state index contributed by atoms with van der Waals surface area (Å²) in [6, 6.07) is 9.86. The van der Waals surface area contributed by atoms with Crippen LogP contribution in [0, 0.1) is 18.3 Å². The fraction of sp³-hybridized carbons (Fsp3) is 0.375. The van der Waals surface area contributed by atoms with Crippen LogP contribution in [0.2, 0.25) is 5.02 Å². The molecule has 2 rings (SSSR count). The summed E-state index contributed by atoms with van der Waals surface area (Å²) in [5, 5.41) is 14.8. The Hall–Kier alpha value is -3.24. The van der Waals surface area contributed by atoms with E-state index in [0.29, 0.717) is 28.5 Å². The van der Waals surface area contributed by atoms with Crippen LogP contribution >= 0.6 is 11.6 Å². The summed E-state index contributed by atoms with van der Waals surface area (Å²) in [4.78, 5) is 11.7. The van der Waals surface area contributed by atoms with Gasteiger partial charge < -0.3 is 14.2 Å². The predicted octanol–water partition coefficient (Wildman–Crippen LogP) is 5.87. The molecule has 0 saturated carbocycles. The highest BCUT2D eigenvalue weighted by Crippen LogP contribution is 2.34. The van der Waals surface area contributed by atoms with Crippen LogP contribution in [0.3, 0.4) is 0 Å². The number of carbonyl (C=O) groups is 1. The van der Waals surface area contributed by atoms with Crippen molar-refractivity contribution in [1.29, 1.82) is 5.26 Å². The normalized spacial score (nSPS) is 11.9. The van der Waals surface area contributed by atoms with Crippen molar-refractivity contribution >= 4 is 29.1 Å². The summed E-state index contributed by atoms with van der Waals surface area (Å²) >= 11 is 6.52. The quantitative estimate of drug-likeness (QED) is 0.162. The van der Waals surface area contributed by atoms with Gasteiger partial charge in [0.2, 0.25) is 6.79 Å². The lowest BCUT2D eigenvalue weighted by atomic mass is 9.86. The predicted molar refractivity (Wildman–Crippen MR) is 124 cm³/mol. The van der Waals surface area contributed by atoms with Crippen LogP contribution in [0.15, 0.2) is 36.9 Å². The second-order valence-electron chi connectivity index (χ2n) is 7.96. The van der Waals surface area contributed by atoms with Crippen LogP contribution in [0.25, 0.3) is 11.3 Å². The molecule has 0 saturated heterocycles. The van der Waals surface area contributed by atoms with Gasteiger partial charge in [0.15, 0.2) is 5.76 Å². The summed E-state index contributed by atoms with van der Waals surface area (Å²) in [6.07, 6.45) is 0.508. The molecule has 0 unspecified atom stereocenters. The first-order valence-corrected chi connectivity index (χ1v) is 10.5. The molecule has 170 valence electrons. The molecule has 0 fully saturated rings. The number of carbonyl (C=O) groups excluding carboxylic acids is 1. The molecule has 0 aliphatic heterocycles. The first-order valence-electron chi connectivity index (χ1n) is 10.2. The lowest BCUT2D eigenvalue weighted by Gasteiger charge is -2.19. The van der Waals surface area contributed by atoms with Gasteiger partial charge in [0.25, 0.3) is 0 Å². The molecular formula is C24H28ClN3O4. The maximum atomic E-state index is 11.7. The monoisotopic (exact) mass is 457 g/mol. The van der Waals surface area contributed by atoms with Gasteiger partial charge in [-0.15, -0.1) is 0 Å². The van der Waals surface area contributed by atoms with E-state index in [1.807, 2.05) is 31.2 Å². The Labute approximate surface area is 193 Å². The highest BCUT2D eigenvalue weighted by Gasteiger charge is 2.24. The molecule has 1 aromatic carbocycles. The molecule has 7 nitrogen and oxygen atoms in total. The molecule has 8 heteroatoms. The molecule has 0 aliphatic carbocycles. The van der Waals surface area contributed by atoms with Gasteiger partial charge in [-0.05, 0) is 30.4 Å². The standard InChI is InChI=1S/C24H28ClN3O4/c1-7-13-30-23(29)32-15-31-22(21-20(25)16(3)27-28(21)8-2)19(14-26)17-9-11-18(12-10-17)24(4,5)6/h7,9-12H,1,8,13,15H2,2-6H3/b22-19-. The third-order valence-corrected chi connectivity index (χ3v) is 5.10. The molecule has 32 heavy (non-hydrogen) atoms. The summed E-state index contributed by atoms with van der Waals surface area (Å²) in [7, 11) is 0. The Kier molecular flexibility index (Phi) is 8.50. The van der Waals surface area contributed by atoms with Gasteiger partial charge in [0, 0.05) is 6.54 Å². The SMILES string of the molecule is C=CCOC(=O)OCO/C(=C(/C#N)c1ccc(C(C)(C)C)cc1)c1c(Cl)c(C)nn1CC. The Morgan fingerprint density at radius 2 is 1.91 bits per heavy atom. The molecule has 0 spiro atoms. The average Bonchev–Trinajstić information content (AvgIpc) is 3.04. The second-order valence-corrected chi connectivity index (χ2v) is 8.34. The van der Waals surface area contributed by atoms with E-state index in [4.69, 9.17) is 25.8 Å². The van der Waals surface area contributed by atoms with E-state index in [-0.39, 0.29) is 23.4 Å². The van der Waals surface area contributed by atoms with Crippen molar-refractivity contribution < 1.29 is 19.0 Å². The fourth-order valence-electron chi connectivity index (χ4n) is 2.95. The van der Waals surface area contributed by atoms with Crippen molar-refractivity contribution in [3.05, 3.63) is 64.5 Å². The number of allylic oxidation sites excluding steroid dienone is 1. The minimum Gasteiger partial charge on any atom is -0.453 e. The maximum Gasteiger partial charge on any atom is 0.511 e. The number of nitriles is 1. The van der Waals surface area contributed by atoms with Gasteiger partial charge in [-0.3, -0.25) is 4.68 Å². The van der Waals surface area contributed by atoms with Gasteiger partial charge in [-0.1, -0.05) is 69.3 Å². The zero-order valence-corrected chi connectivity index (χ0v) is 19.8. The van der Waals surface area contributed by atoms with E-state index in [1.54, 1.807) is 11.6 Å². The van der Waals surface area contributed by atoms with E-state index < -0.39 is 12.9 Å². The zero-order valence-electron chi connectivity index (χ0n) is 19.1. The van der Waals surface area contributed by atoms with Crippen molar-refractivity contribution in [2.75, 3.05) is 13.4 Å². The number of hydrogen-bond acceptors (Lipinski definition) is 6. The van der Waals surface area contributed by atoms with Crippen molar-refractivity contribution in [1.82, 2.24) is 9.78 Å². The minimum atomic E-state index is -0.913. The number of rotatable bonds is 8. The molecular weight excluding hydrogens is 430 g/mol. The zero-order chi connectivity index (χ0) is 23.9. The number of benzene rings is 1. The molecule has 1 heterocycles. The van der Waals surface area contributed by atoms with Crippen molar-refractivity contribution in [2.45, 2.75) is 46.6 Å². The molecule has 0 atom stereocenters. The highest BCUT2D eigenvalue weighted by atomic mass is 35.5. The number of aromatic nitrogens is 2. The Balaban J connectivity index is 2.53. The Bertz CT molecular complexity index is 1040. The van der Waals surface area contributed by atoms with E-state index in [0.717, 1.165) is 5.56 Å². The summed E-state index contributed by atoms with van der Waals surface area (Å²) in [5.41, 5.74) is 3.01. The summed E-state index contributed by atoms with van der Waals surface area (Å²) in [6.45, 7) is 13.5. The van der Waals surface area contributed by atoms with E-state index in [9.17, 15) is 10.1 Å². The second kappa shape index (κ2) is 10.9. The largest absolute Gasteiger partial charge is 0.511 e. The van der Waals surface area contributed by atoms with Gasteiger partial charge in [-0.2, -0.15) is 10.4 Å². The van der Waals surface area contributed by atoms with Crippen LogP contribution in [-0.2, 0) is 26.2 Å². The first-order chi connectivity index (χ1) is 15.1. The topological polar surface area (TPSA) is 86.4 Å². The number of ether oxygens (including phenoxy) is 3. The lowest BCUT2D eigenvalue weighted by molar-refractivity contribution is -0.00152.